The quantitative estimate of drug-likeness (QED) is 0.0357. The van der Waals surface area contributed by atoms with Crippen LogP contribution in [0.1, 0.15) is 27.7 Å². The van der Waals surface area contributed by atoms with E-state index in [0.29, 0.717) is 48.5 Å². The van der Waals surface area contributed by atoms with E-state index in [4.69, 9.17) is 28.2 Å². The third-order valence-electron chi connectivity index (χ3n) is 9.16. The Labute approximate surface area is 379 Å². The first-order valence-electron chi connectivity index (χ1n) is 19.2. The molecule has 0 saturated carbocycles. The topological polar surface area (TPSA) is 219 Å². The second-order valence-electron chi connectivity index (χ2n) is 13.1. The molecule has 7 rings (SSSR count). The molecular weight excluding hydrogens is 914 g/mol. The molecule has 322 valence electrons. The molecule has 0 spiro atoms. The Morgan fingerprint density at radius 2 is 1.23 bits per heavy atom. The number of benzene rings is 4. The van der Waals surface area contributed by atoms with Gasteiger partial charge in [0, 0.05) is 53.4 Å². The van der Waals surface area contributed by atoms with Gasteiger partial charge in [-0.1, -0.05) is 57.6 Å². The molecule has 0 atom stereocenters. The van der Waals surface area contributed by atoms with Crippen molar-refractivity contribution in [2.45, 2.75) is 37.7 Å². The molecule has 0 bridgehead atoms. The summed E-state index contributed by atoms with van der Waals surface area (Å²) in [6.45, 7) is 11.2. The molecular formula is C39H39Cl2N13O4S4. The van der Waals surface area contributed by atoms with E-state index in [9.17, 15) is 18.1 Å². The fourth-order valence-corrected chi connectivity index (χ4v) is 9.80. The molecule has 4 N–H and O–H groups in total. The monoisotopic (exact) mass is 951 g/mol. The van der Waals surface area contributed by atoms with Gasteiger partial charge in [0.1, 0.15) is 21.8 Å². The van der Waals surface area contributed by atoms with Crippen molar-refractivity contribution >= 4 is 144 Å². The Kier molecular flexibility index (Phi) is 14.4. The number of azo groups is 2. The highest BCUT2D eigenvalue weighted by Crippen LogP contribution is 2.39. The summed E-state index contributed by atoms with van der Waals surface area (Å²) in [5.41, 5.74) is 4.60. The lowest BCUT2D eigenvalue weighted by Crippen LogP contribution is -2.21. The van der Waals surface area contributed by atoms with Crippen LogP contribution in [0.3, 0.4) is 0 Å². The number of halogens is 2. The summed E-state index contributed by atoms with van der Waals surface area (Å²) in [6, 6.07) is 19.5. The van der Waals surface area contributed by atoms with Gasteiger partial charge in [0.15, 0.2) is 5.16 Å². The van der Waals surface area contributed by atoms with E-state index in [2.05, 4.69) is 88.5 Å². The lowest BCUT2D eigenvalue weighted by atomic mass is 10.2. The summed E-state index contributed by atoms with van der Waals surface area (Å²) >= 11 is 16.0. The first kappa shape index (κ1) is 44.9. The average molecular weight is 953 g/mol. The van der Waals surface area contributed by atoms with E-state index < -0.39 is 15.0 Å². The molecule has 0 aliphatic heterocycles. The molecule has 0 fully saturated rings. The van der Waals surface area contributed by atoms with Crippen molar-refractivity contribution in [2.75, 3.05) is 59.0 Å². The number of nitrogens with one attached hydrogen (secondary N) is 2. The van der Waals surface area contributed by atoms with Gasteiger partial charge in [-0.2, -0.15) is 23.4 Å². The Hall–Kier alpha value is -5.13. The molecule has 0 amide bonds. The van der Waals surface area contributed by atoms with Crippen molar-refractivity contribution in [3.8, 4) is 0 Å². The number of aliphatic hydroxyl groups excluding tert-OH is 1. The number of fused-ring (bicyclic) bond motifs is 2. The van der Waals surface area contributed by atoms with Gasteiger partial charge in [0.25, 0.3) is 10.1 Å². The van der Waals surface area contributed by atoms with Crippen molar-refractivity contribution in [1.82, 2.24) is 24.9 Å². The number of hydrogen-bond donors (Lipinski definition) is 4. The van der Waals surface area contributed by atoms with Crippen LogP contribution in [-0.2, 0) is 10.1 Å². The number of hydrogen-bond acceptors (Lipinski definition) is 19. The molecule has 62 heavy (non-hydrogen) atoms. The Balaban J connectivity index is 1.26. The minimum atomic E-state index is -4.61. The first-order chi connectivity index (χ1) is 29.9. The fraction of sp³-hybridized carbons (Fsp3) is 0.256. The highest BCUT2D eigenvalue weighted by molar-refractivity contribution is 7.99. The number of rotatable bonds is 18. The van der Waals surface area contributed by atoms with Gasteiger partial charge in [0.05, 0.1) is 32.9 Å². The third-order valence-corrected chi connectivity index (χ3v) is 13.1. The van der Waals surface area contributed by atoms with Gasteiger partial charge in [-0.15, -0.1) is 20.5 Å². The van der Waals surface area contributed by atoms with Gasteiger partial charge in [-0.05, 0) is 94.4 Å². The van der Waals surface area contributed by atoms with Crippen LogP contribution in [0.2, 0.25) is 10.0 Å². The van der Waals surface area contributed by atoms with E-state index in [1.165, 1.54) is 29.2 Å². The Morgan fingerprint density at radius 1 is 0.677 bits per heavy atom. The van der Waals surface area contributed by atoms with Gasteiger partial charge in [-0.25, -0.2) is 9.97 Å². The molecule has 17 nitrogen and oxygen atoms in total. The molecule has 4 aromatic carbocycles. The predicted octanol–water partition coefficient (Wildman–Crippen LogP) is 11.7. The summed E-state index contributed by atoms with van der Waals surface area (Å²) in [5.74, 6) is 0.688. The van der Waals surface area contributed by atoms with Gasteiger partial charge >= 0.3 is 0 Å². The van der Waals surface area contributed by atoms with Crippen molar-refractivity contribution < 1.29 is 18.1 Å². The molecule has 0 aliphatic rings. The van der Waals surface area contributed by atoms with E-state index in [-0.39, 0.29) is 34.2 Å². The number of thiazole rings is 2. The molecule has 7 aromatic rings. The van der Waals surface area contributed by atoms with Crippen molar-refractivity contribution in [3.63, 3.8) is 0 Å². The zero-order valence-corrected chi connectivity index (χ0v) is 38.4. The van der Waals surface area contributed by atoms with Crippen molar-refractivity contribution in [3.05, 3.63) is 76.8 Å². The summed E-state index contributed by atoms with van der Waals surface area (Å²) in [4.78, 5) is 27.0. The van der Waals surface area contributed by atoms with E-state index >= 15 is 0 Å². The lowest BCUT2D eigenvalue weighted by molar-refractivity contribution is 0.322. The van der Waals surface area contributed by atoms with Gasteiger partial charge < -0.3 is 25.5 Å². The summed E-state index contributed by atoms with van der Waals surface area (Å²) < 4.78 is 35.3. The maximum atomic E-state index is 12.1. The van der Waals surface area contributed by atoms with Crippen molar-refractivity contribution in [1.29, 1.82) is 0 Å². The number of anilines is 6. The predicted molar refractivity (Wildman–Crippen MR) is 252 cm³/mol. The average Bonchev–Trinajstić information content (AvgIpc) is 3.85. The van der Waals surface area contributed by atoms with Gasteiger partial charge in [0.2, 0.25) is 22.2 Å². The summed E-state index contributed by atoms with van der Waals surface area (Å²) in [7, 11) is -4.61. The zero-order valence-electron chi connectivity index (χ0n) is 33.6. The maximum absolute atomic E-state index is 12.1. The van der Waals surface area contributed by atoms with Crippen LogP contribution in [0.4, 0.5) is 56.3 Å². The Bertz CT molecular complexity index is 2910. The number of thioether (sulfide) groups is 1. The minimum absolute atomic E-state index is 0.0265. The summed E-state index contributed by atoms with van der Waals surface area (Å²) in [5, 5.41) is 35.9. The molecule has 3 heterocycles. The minimum Gasteiger partial charge on any atom is -0.396 e. The van der Waals surface area contributed by atoms with Crippen LogP contribution < -0.4 is 20.4 Å². The van der Waals surface area contributed by atoms with E-state index in [1.807, 2.05) is 42.5 Å². The van der Waals surface area contributed by atoms with Crippen LogP contribution in [0, 0.1) is 0 Å². The zero-order chi connectivity index (χ0) is 44.0. The normalized spacial score (nSPS) is 12.0. The largest absolute Gasteiger partial charge is 0.396 e. The van der Waals surface area contributed by atoms with Crippen molar-refractivity contribution in [2.24, 2.45) is 20.5 Å². The number of aliphatic hydroxyl groups is 1. The second kappa shape index (κ2) is 19.9. The van der Waals surface area contributed by atoms with Crippen LogP contribution in [0.15, 0.2) is 97.2 Å². The number of aromatic nitrogens is 5. The molecule has 23 heteroatoms. The second-order valence-corrected chi connectivity index (χ2v) is 18.4. The SMILES string of the molecule is CCN(CC)c1ccc(N=Nc2nc3ccc(Cl)cc3s2)c(Nc2nc(Nc3cc(N(CC)CC)ccc3N=Nc3nc4c(S(=O)(=O)O)cc(Cl)cc4s3)nc(SCCO)n2)c1. The van der Waals surface area contributed by atoms with Crippen LogP contribution in [0.5, 0.6) is 0 Å². The molecule has 0 saturated heterocycles. The van der Waals surface area contributed by atoms with Crippen LogP contribution in [0.25, 0.3) is 20.4 Å². The molecule has 3 aromatic heterocycles. The van der Waals surface area contributed by atoms with Crippen LogP contribution in [-0.4, -0.2) is 81.5 Å². The van der Waals surface area contributed by atoms with Gasteiger partial charge in [-0.3, -0.25) is 4.55 Å². The van der Waals surface area contributed by atoms with Crippen LogP contribution >= 0.6 is 57.6 Å². The standard InChI is InChI=1S/C39H39Cl2N13O4S4/c1-5-53(6-2)24-10-13-26(49-51-38-44-28-12-9-22(40)17-31(28)60-38)29(20-24)42-35-46-36(48-37(47-35)59-16-15-55)43-30-21-25(54(7-3)8-4)11-14-27(30)50-52-39-45-34-32(61-39)18-23(41)19-33(34)62(56,57)58/h9-14,17-21,55H,5-8,15-16H2,1-4H3,(H,56,57,58)(H2,42,43,46,47,48). The highest BCUT2D eigenvalue weighted by atomic mass is 35.5. The Morgan fingerprint density at radius 3 is 1.77 bits per heavy atom. The maximum Gasteiger partial charge on any atom is 0.296 e. The molecule has 0 aliphatic carbocycles. The smallest absolute Gasteiger partial charge is 0.296 e. The number of nitrogens with zero attached hydrogens (tertiary/aromatic N) is 11. The molecule has 0 unspecified atom stereocenters. The third kappa shape index (κ3) is 10.7. The highest BCUT2D eigenvalue weighted by Gasteiger charge is 2.20. The summed E-state index contributed by atoms with van der Waals surface area (Å²) in [6.07, 6.45) is 0. The molecule has 0 radical (unpaired) electrons. The van der Waals surface area contributed by atoms with E-state index in [0.717, 1.165) is 65.2 Å². The van der Waals surface area contributed by atoms with E-state index in [1.54, 1.807) is 12.1 Å². The lowest BCUT2D eigenvalue weighted by Gasteiger charge is -2.22. The fourth-order valence-electron chi connectivity index (χ4n) is 6.22. The first-order valence-corrected chi connectivity index (χ1v) is 24.0.